The molecule has 0 saturated carbocycles. The third kappa shape index (κ3) is 3.00. The molecule has 118 valence electrons. The Balaban J connectivity index is 1.87. The number of aliphatic hydroxyl groups excluding tert-OH is 1. The van der Waals surface area contributed by atoms with E-state index in [1.165, 1.54) is 18.9 Å². The van der Waals surface area contributed by atoms with Gasteiger partial charge in [-0.2, -0.15) is 0 Å². The molecular formula is C15H18F2N4O. The lowest BCUT2D eigenvalue weighted by atomic mass is 10.1. The molecule has 3 rings (SSSR count). The van der Waals surface area contributed by atoms with Crippen molar-refractivity contribution in [2.75, 3.05) is 19.6 Å². The Hall–Kier alpha value is -1.86. The minimum atomic E-state index is -0.923. The van der Waals surface area contributed by atoms with Crippen molar-refractivity contribution in [1.29, 1.82) is 0 Å². The molecule has 0 atom stereocenters. The maximum absolute atomic E-state index is 13.5. The normalized spacial score (nSPS) is 15.6. The highest BCUT2D eigenvalue weighted by Crippen LogP contribution is 2.24. The summed E-state index contributed by atoms with van der Waals surface area (Å²) in [6.45, 7) is 3.27. The zero-order valence-electron chi connectivity index (χ0n) is 12.2. The van der Waals surface area contributed by atoms with Crippen molar-refractivity contribution in [2.24, 2.45) is 0 Å². The number of likely N-dealkylation sites (tertiary alicyclic amines) is 1. The first kappa shape index (κ1) is 15.1. The standard InChI is InChI=1S/C15H18F2N4O/c16-12-4-3-11(9-13(12)17)15-14(10-22)18-19-21(15)8-7-20-5-1-2-6-20/h3-4,9,22H,1-2,5-8,10H2. The Morgan fingerprint density at radius 2 is 1.86 bits per heavy atom. The van der Waals surface area contributed by atoms with Crippen LogP contribution in [0.4, 0.5) is 8.78 Å². The van der Waals surface area contributed by atoms with E-state index in [1.54, 1.807) is 4.68 Å². The van der Waals surface area contributed by atoms with E-state index in [-0.39, 0.29) is 6.61 Å². The van der Waals surface area contributed by atoms with Crippen molar-refractivity contribution < 1.29 is 13.9 Å². The minimum Gasteiger partial charge on any atom is -0.390 e. The maximum atomic E-state index is 13.5. The molecular weight excluding hydrogens is 290 g/mol. The van der Waals surface area contributed by atoms with Crippen molar-refractivity contribution in [2.45, 2.75) is 26.0 Å². The molecule has 0 unspecified atom stereocenters. The summed E-state index contributed by atoms with van der Waals surface area (Å²) in [5, 5.41) is 17.4. The molecule has 1 aromatic carbocycles. The van der Waals surface area contributed by atoms with Crippen LogP contribution in [0.1, 0.15) is 18.5 Å². The quantitative estimate of drug-likeness (QED) is 0.915. The fourth-order valence-electron chi connectivity index (χ4n) is 2.81. The summed E-state index contributed by atoms with van der Waals surface area (Å²) in [5.41, 5.74) is 1.38. The van der Waals surface area contributed by atoms with E-state index in [0.29, 0.717) is 23.5 Å². The molecule has 1 aliphatic heterocycles. The molecule has 2 aromatic rings. The second kappa shape index (κ2) is 6.50. The first-order chi connectivity index (χ1) is 10.7. The van der Waals surface area contributed by atoms with Crippen molar-refractivity contribution in [3.63, 3.8) is 0 Å². The number of aliphatic hydroxyl groups is 1. The number of nitrogens with zero attached hydrogens (tertiary/aromatic N) is 4. The van der Waals surface area contributed by atoms with Gasteiger partial charge in [0, 0.05) is 12.1 Å². The van der Waals surface area contributed by atoms with Crippen LogP contribution in [0.2, 0.25) is 0 Å². The lowest BCUT2D eigenvalue weighted by Gasteiger charge is -2.15. The number of halogens is 2. The Morgan fingerprint density at radius 1 is 1.09 bits per heavy atom. The fraction of sp³-hybridized carbons (Fsp3) is 0.467. The SMILES string of the molecule is OCc1nnn(CCN2CCCC2)c1-c1ccc(F)c(F)c1. The van der Waals surface area contributed by atoms with E-state index >= 15 is 0 Å². The average molecular weight is 308 g/mol. The monoisotopic (exact) mass is 308 g/mol. The van der Waals surface area contributed by atoms with Crippen molar-refractivity contribution >= 4 is 0 Å². The molecule has 1 aromatic heterocycles. The fourth-order valence-corrected chi connectivity index (χ4v) is 2.81. The maximum Gasteiger partial charge on any atom is 0.159 e. The summed E-state index contributed by atoms with van der Waals surface area (Å²) in [6.07, 6.45) is 2.41. The summed E-state index contributed by atoms with van der Waals surface area (Å²) >= 11 is 0. The van der Waals surface area contributed by atoms with Crippen LogP contribution in [0.3, 0.4) is 0 Å². The van der Waals surface area contributed by atoms with Gasteiger partial charge in [0.05, 0.1) is 18.8 Å². The van der Waals surface area contributed by atoms with Gasteiger partial charge < -0.3 is 10.0 Å². The molecule has 0 aliphatic carbocycles. The third-order valence-corrected chi connectivity index (χ3v) is 3.97. The molecule has 1 fully saturated rings. The van der Waals surface area contributed by atoms with Crippen molar-refractivity contribution in [3.05, 3.63) is 35.5 Å². The molecule has 0 spiro atoms. The summed E-state index contributed by atoms with van der Waals surface area (Å²) in [7, 11) is 0. The highest BCUT2D eigenvalue weighted by molar-refractivity contribution is 5.61. The van der Waals surface area contributed by atoms with Crippen molar-refractivity contribution in [3.8, 4) is 11.3 Å². The highest BCUT2D eigenvalue weighted by atomic mass is 19.2. The molecule has 5 nitrogen and oxygen atoms in total. The summed E-state index contributed by atoms with van der Waals surface area (Å²) < 4.78 is 28.2. The van der Waals surface area contributed by atoms with Gasteiger partial charge in [0.15, 0.2) is 11.6 Å². The van der Waals surface area contributed by atoms with E-state index < -0.39 is 11.6 Å². The Labute approximate surface area is 127 Å². The minimum absolute atomic E-state index is 0.294. The first-order valence-electron chi connectivity index (χ1n) is 7.40. The van der Waals surface area contributed by atoms with Crippen LogP contribution < -0.4 is 0 Å². The predicted molar refractivity (Wildman–Crippen MR) is 77.0 cm³/mol. The molecule has 0 radical (unpaired) electrons. The van der Waals surface area contributed by atoms with Crippen LogP contribution >= 0.6 is 0 Å². The van der Waals surface area contributed by atoms with Gasteiger partial charge >= 0.3 is 0 Å². The van der Waals surface area contributed by atoms with Crippen LogP contribution in [0.5, 0.6) is 0 Å². The Bertz CT molecular complexity index is 653. The van der Waals surface area contributed by atoms with E-state index in [1.807, 2.05) is 0 Å². The second-order valence-electron chi connectivity index (χ2n) is 5.44. The molecule has 1 saturated heterocycles. The lowest BCUT2D eigenvalue weighted by molar-refractivity contribution is 0.277. The van der Waals surface area contributed by atoms with Crippen LogP contribution in [0, 0.1) is 11.6 Å². The highest BCUT2D eigenvalue weighted by Gasteiger charge is 2.18. The van der Waals surface area contributed by atoms with Gasteiger partial charge in [-0.3, -0.25) is 0 Å². The van der Waals surface area contributed by atoms with Crippen LogP contribution in [0.15, 0.2) is 18.2 Å². The van der Waals surface area contributed by atoms with Crippen LogP contribution in [0.25, 0.3) is 11.3 Å². The number of hydrogen-bond donors (Lipinski definition) is 1. The molecule has 22 heavy (non-hydrogen) atoms. The van der Waals surface area contributed by atoms with E-state index in [2.05, 4.69) is 15.2 Å². The molecule has 2 heterocycles. The third-order valence-electron chi connectivity index (χ3n) is 3.97. The van der Waals surface area contributed by atoms with Gasteiger partial charge in [0.25, 0.3) is 0 Å². The molecule has 1 N–H and O–H groups in total. The van der Waals surface area contributed by atoms with E-state index in [0.717, 1.165) is 31.8 Å². The Morgan fingerprint density at radius 3 is 2.55 bits per heavy atom. The smallest absolute Gasteiger partial charge is 0.159 e. The average Bonchev–Trinajstić information content (AvgIpc) is 3.16. The van der Waals surface area contributed by atoms with E-state index in [9.17, 15) is 13.9 Å². The summed E-state index contributed by atoms with van der Waals surface area (Å²) in [6, 6.07) is 3.66. The van der Waals surface area contributed by atoms with Gasteiger partial charge in [0.2, 0.25) is 0 Å². The van der Waals surface area contributed by atoms with Gasteiger partial charge in [-0.1, -0.05) is 5.21 Å². The molecule has 0 amide bonds. The number of aromatic nitrogens is 3. The Kier molecular flexibility index (Phi) is 4.44. The van der Waals surface area contributed by atoms with E-state index in [4.69, 9.17) is 0 Å². The lowest BCUT2D eigenvalue weighted by Crippen LogP contribution is -2.24. The molecule has 1 aliphatic rings. The first-order valence-corrected chi connectivity index (χ1v) is 7.40. The number of benzene rings is 1. The van der Waals surface area contributed by atoms with Gasteiger partial charge in [-0.15, -0.1) is 5.10 Å². The summed E-state index contributed by atoms with van der Waals surface area (Å²) in [5.74, 6) is -1.82. The second-order valence-corrected chi connectivity index (χ2v) is 5.44. The van der Waals surface area contributed by atoms with Gasteiger partial charge in [-0.05, 0) is 44.1 Å². The molecule has 0 bridgehead atoms. The largest absolute Gasteiger partial charge is 0.390 e. The zero-order valence-corrected chi connectivity index (χ0v) is 12.2. The van der Waals surface area contributed by atoms with Crippen LogP contribution in [-0.4, -0.2) is 44.6 Å². The zero-order chi connectivity index (χ0) is 15.5. The number of hydrogen-bond acceptors (Lipinski definition) is 4. The number of rotatable bonds is 5. The summed E-state index contributed by atoms with van der Waals surface area (Å²) in [4.78, 5) is 2.33. The topological polar surface area (TPSA) is 54.2 Å². The van der Waals surface area contributed by atoms with Crippen molar-refractivity contribution in [1.82, 2.24) is 19.9 Å². The van der Waals surface area contributed by atoms with Gasteiger partial charge in [-0.25, -0.2) is 13.5 Å². The molecule has 7 heteroatoms. The van der Waals surface area contributed by atoms with Crippen LogP contribution in [-0.2, 0) is 13.2 Å². The predicted octanol–water partition coefficient (Wildman–Crippen LogP) is 1.81. The van der Waals surface area contributed by atoms with Gasteiger partial charge in [0.1, 0.15) is 5.69 Å².